The van der Waals surface area contributed by atoms with E-state index in [-0.39, 0.29) is 0 Å². The van der Waals surface area contributed by atoms with Crippen LogP contribution in [0, 0.1) is 13.8 Å². The van der Waals surface area contributed by atoms with Crippen molar-refractivity contribution in [3.8, 4) is 5.75 Å². The lowest BCUT2D eigenvalue weighted by atomic mass is 9.92. The molecule has 0 saturated carbocycles. The molecule has 0 bridgehead atoms. The Morgan fingerprint density at radius 2 is 2.05 bits per heavy atom. The first-order valence-corrected chi connectivity index (χ1v) is 8.00. The minimum Gasteiger partial charge on any atom is -0.494 e. The summed E-state index contributed by atoms with van der Waals surface area (Å²) >= 11 is 1.81. The van der Waals surface area contributed by atoms with Crippen LogP contribution in [0.3, 0.4) is 0 Å². The van der Waals surface area contributed by atoms with Gasteiger partial charge in [0.2, 0.25) is 0 Å². The molecule has 1 heterocycles. The lowest BCUT2D eigenvalue weighted by Crippen LogP contribution is -2.16. The maximum absolute atomic E-state index is 6.04. The van der Waals surface area contributed by atoms with E-state index in [9.17, 15) is 0 Å². The highest BCUT2D eigenvalue weighted by Crippen LogP contribution is 2.32. The summed E-state index contributed by atoms with van der Waals surface area (Å²) in [6.45, 7) is 7.62. The molecule has 2 N–H and O–H groups in total. The minimum absolute atomic E-state index is 0.314. The van der Waals surface area contributed by atoms with E-state index < -0.39 is 0 Å². The number of aryl methyl sites for hydroxylation is 2. The van der Waals surface area contributed by atoms with Gasteiger partial charge in [-0.1, -0.05) is 17.7 Å². The molecule has 2 aromatic rings. The fraction of sp³-hybridized carbons (Fsp3) is 0.412. The molecule has 3 heteroatoms. The van der Waals surface area contributed by atoms with Gasteiger partial charge < -0.3 is 10.5 Å². The van der Waals surface area contributed by atoms with Gasteiger partial charge in [0.15, 0.2) is 0 Å². The van der Waals surface area contributed by atoms with Gasteiger partial charge in [-0.05, 0) is 62.4 Å². The van der Waals surface area contributed by atoms with Crippen molar-refractivity contribution in [3.63, 3.8) is 0 Å². The molecule has 1 atom stereocenters. The summed E-state index contributed by atoms with van der Waals surface area (Å²) in [5, 5.41) is 2.15. The molecule has 108 valence electrons. The molecule has 0 fully saturated rings. The Balaban J connectivity index is 2.30. The number of rotatable bonds is 6. The molecular weight excluding hydrogens is 266 g/mol. The van der Waals surface area contributed by atoms with E-state index in [2.05, 4.69) is 43.5 Å². The SMILES string of the molecule is CCOc1ccc(C)cc1C(CN)Cc1sccc1C. The second kappa shape index (κ2) is 6.91. The molecule has 0 radical (unpaired) electrons. The third-order valence-electron chi connectivity index (χ3n) is 3.59. The van der Waals surface area contributed by atoms with E-state index in [0.717, 1.165) is 12.2 Å². The van der Waals surface area contributed by atoms with Gasteiger partial charge in [-0.3, -0.25) is 0 Å². The highest BCUT2D eigenvalue weighted by atomic mass is 32.1. The molecule has 1 aromatic carbocycles. The molecule has 0 amide bonds. The highest BCUT2D eigenvalue weighted by Gasteiger charge is 2.17. The third kappa shape index (κ3) is 3.41. The summed E-state index contributed by atoms with van der Waals surface area (Å²) in [5.41, 5.74) is 9.89. The van der Waals surface area contributed by atoms with Gasteiger partial charge in [0.05, 0.1) is 6.61 Å². The first kappa shape index (κ1) is 15.1. The Kier molecular flexibility index (Phi) is 5.21. The Bertz CT molecular complexity index is 562. The summed E-state index contributed by atoms with van der Waals surface area (Å²) in [7, 11) is 0. The molecule has 0 aliphatic carbocycles. The maximum Gasteiger partial charge on any atom is 0.122 e. The van der Waals surface area contributed by atoms with Crippen molar-refractivity contribution in [2.45, 2.75) is 33.1 Å². The van der Waals surface area contributed by atoms with Crippen LogP contribution in [0.1, 0.15) is 34.4 Å². The molecule has 1 aromatic heterocycles. The van der Waals surface area contributed by atoms with Crippen LogP contribution in [0.5, 0.6) is 5.75 Å². The monoisotopic (exact) mass is 289 g/mol. The van der Waals surface area contributed by atoms with Gasteiger partial charge in [-0.15, -0.1) is 11.3 Å². The molecule has 0 aliphatic rings. The number of nitrogens with two attached hydrogens (primary N) is 1. The van der Waals surface area contributed by atoms with Crippen LogP contribution in [0.25, 0.3) is 0 Å². The molecule has 0 aliphatic heterocycles. The average Bonchev–Trinajstić information content (AvgIpc) is 2.84. The smallest absolute Gasteiger partial charge is 0.122 e. The van der Waals surface area contributed by atoms with Crippen LogP contribution in [-0.2, 0) is 6.42 Å². The summed E-state index contributed by atoms with van der Waals surface area (Å²) in [5.74, 6) is 1.29. The van der Waals surface area contributed by atoms with Crippen molar-refractivity contribution in [2.75, 3.05) is 13.2 Å². The summed E-state index contributed by atoms with van der Waals surface area (Å²) in [6.07, 6.45) is 0.990. The van der Waals surface area contributed by atoms with E-state index >= 15 is 0 Å². The molecule has 2 nitrogen and oxygen atoms in total. The van der Waals surface area contributed by atoms with E-state index in [1.54, 1.807) is 0 Å². The van der Waals surface area contributed by atoms with Crippen LogP contribution >= 0.6 is 11.3 Å². The van der Waals surface area contributed by atoms with Crippen LogP contribution in [0.4, 0.5) is 0 Å². The fourth-order valence-electron chi connectivity index (χ4n) is 2.43. The van der Waals surface area contributed by atoms with Crippen molar-refractivity contribution in [3.05, 3.63) is 51.2 Å². The van der Waals surface area contributed by atoms with E-state index in [4.69, 9.17) is 10.5 Å². The Labute approximate surface area is 125 Å². The number of benzene rings is 1. The van der Waals surface area contributed by atoms with Crippen molar-refractivity contribution in [2.24, 2.45) is 5.73 Å². The van der Waals surface area contributed by atoms with Crippen LogP contribution < -0.4 is 10.5 Å². The van der Waals surface area contributed by atoms with Crippen molar-refractivity contribution in [1.82, 2.24) is 0 Å². The summed E-state index contributed by atoms with van der Waals surface area (Å²) < 4.78 is 5.77. The quantitative estimate of drug-likeness (QED) is 0.870. The lowest BCUT2D eigenvalue weighted by Gasteiger charge is -2.19. The zero-order valence-electron chi connectivity index (χ0n) is 12.5. The van der Waals surface area contributed by atoms with Crippen LogP contribution in [-0.4, -0.2) is 13.2 Å². The van der Waals surface area contributed by atoms with Crippen molar-refractivity contribution < 1.29 is 4.74 Å². The van der Waals surface area contributed by atoms with E-state index in [0.29, 0.717) is 19.1 Å². The van der Waals surface area contributed by atoms with Crippen LogP contribution in [0.15, 0.2) is 29.6 Å². The normalized spacial score (nSPS) is 12.4. The third-order valence-corrected chi connectivity index (χ3v) is 4.63. The Morgan fingerprint density at radius 3 is 2.65 bits per heavy atom. The second-order valence-electron chi connectivity index (χ2n) is 5.14. The topological polar surface area (TPSA) is 35.2 Å². The van der Waals surface area contributed by atoms with E-state index in [1.165, 1.54) is 21.6 Å². The predicted molar refractivity (Wildman–Crippen MR) is 86.9 cm³/mol. The van der Waals surface area contributed by atoms with Gasteiger partial charge >= 0.3 is 0 Å². The lowest BCUT2D eigenvalue weighted by molar-refractivity contribution is 0.334. The van der Waals surface area contributed by atoms with Gasteiger partial charge in [0.1, 0.15) is 5.75 Å². The zero-order chi connectivity index (χ0) is 14.5. The average molecular weight is 289 g/mol. The first-order valence-electron chi connectivity index (χ1n) is 7.12. The zero-order valence-corrected chi connectivity index (χ0v) is 13.3. The van der Waals surface area contributed by atoms with Gasteiger partial charge in [0.25, 0.3) is 0 Å². The predicted octanol–water partition coefficient (Wildman–Crippen LogP) is 4.05. The largest absolute Gasteiger partial charge is 0.494 e. The molecular formula is C17H23NOS. The number of hydrogen-bond donors (Lipinski definition) is 1. The summed E-state index contributed by atoms with van der Waals surface area (Å²) in [4.78, 5) is 1.42. The van der Waals surface area contributed by atoms with Crippen LogP contribution in [0.2, 0.25) is 0 Å². The number of thiophene rings is 1. The first-order chi connectivity index (χ1) is 9.65. The van der Waals surface area contributed by atoms with Gasteiger partial charge in [-0.2, -0.15) is 0 Å². The maximum atomic E-state index is 6.04. The van der Waals surface area contributed by atoms with Gasteiger partial charge in [0, 0.05) is 10.8 Å². The minimum atomic E-state index is 0.314. The second-order valence-corrected chi connectivity index (χ2v) is 6.14. The molecule has 1 unspecified atom stereocenters. The standard InChI is InChI=1S/C17H23NOS/c1-4-19-16-6-5-12(2)9-15(16)14(11-18)10-17-13(3)7-8-20-17/h5-9,14H,4,10-11,18H2,1-3H3. The Morgan fingerprint density at radius 1 is 1.25 bits per heavy atom. The number of hydrogen-bond acceptors (Lipinski definition) is 3. The molecule has 20 heavy (non-hydrogen) atoms. The highest BCUT2D eigenvalue weighted by molar-refractivity contribution is 7.10. The molecule has 0 saturated heterocycles. The van der Waals surface area contributed by atoms with Gasteiger partial charge in [-0.25, -0.2) is 0 Å². The molecule has 2 rings (SSSR count). The van der Waals surface area contributed by atoms with Crippen molar-refractivity contribution >= 4 is 11.3 Å². The molecule has 0 spiro atoms. The fourth-order valence-corrected chi connectivity index (χ4v) is 3.42. The Hall–Kier alpha value is -1.32. The van der Waals surface area contributed by atoms with E-state index in [1.807, 2.05) is 18.3 Å². The number of ether oxygens (including phenoxy) is 1. The summed E-state index contributed by atoms with van der Waals surface area (Å²) in [6, 6.07) is 8.55. The van der Waals surface area contributed by atoms with Crippen molar-refractivity contribution in [1.29, 1.82) is 0 Å².